The Morgan fingerprint density at radius 1 is 1.31 bits per heavy atom. The van der Waals surface area contributed by atoms with Gasteiger partial charge < -0.3 is 10.2 Å². The molecule has 2 fully saturated rings. The molecule has 2 atom stereocenters. The van der Waals surface area contributed by atoms with Crippen LogP contribution in [0.15, 0.2) is 0 Å². The van der Waals surface area contributed by atoms with E-state index >= 15 is 0 Å². The van der Waals surface area contributed by atoms with Crippen molar-refractivity contribution in [2.45, 2.75) is 17.0 Å². The van der Waals surface area contributed by atoms with Crippen molar-refractivity contribution in [3.63, 3.8) is 0 Å². The average Bonchev–Trinajstić information content (AvgIpc) is 2.19. The van der Waals surface area contributed by atoms with Gasteiger partial charge in [-0.15, -0.1) is 11.8 Å². The van der Waals surface area contributed by atoms with Crippen LogP contribution in [0.1, 0.15) is 6.42 Å². The smallest absolute Gasteiger partial charge is 0.0665 e. The zero-order valence-corrected chi connectivity index (χ0v) is 9.79. The summed E-state index contributed by atoms with van der Waals surface area (Å²) in [6.07, 6.45) is 1.34. The molecule has 0 aromatic heterocycles. The molecule has 2 rings (SSSR count). The van der Waals surface area contributed by atoms with Crippen molar-refractivity contribution in [3.8, 4) is 0 Å². The van der Waals surface area contributed by atoms with Gasteiger partial charge in [0, 0.05) is 24.1 Å². The second-order valence-electron chi connectivity index (χ2n) is 3.77. The maximum atomic E-state index is 3.62. The molecule has 76 valence electrons. The zero-order valence-electron chi connectivity index (χ0n) is 8.16. The van der Waals surface area contributed by atoms with E-state index in [-0.39, 0.29) is 0 Å². The molecule has 2 saturated heterocycles. The third-order valence-electron chi connectivity index (χ3n) is 2.60. The Hall–Kier alpha value is 0.620. The lowest BCUT2D eigenvalue weighted by Gasteiger charge is -2.36. The highest BCUT2D eigenvalue weighted by atomic mass is 32.2. The van der Waals surface area contributed by atoms with Gasteiger partial charge in [-0.25, -0.2) is 0 Å². The Morgan fingerprint density at radius 2 is 2.23 bits per heavy atom. The van der Waals surface area contributed by atoms with E-state index in [2.05, 4.69) is 40.8 Å². The predicted molar refractivity (Wildman–Crippen MR) is 62.6 cm³/mol. The maximum absolute atomic E-state index is 3.62. The molecule has 0 aliphatic carbocycles. The second-order valence-corrected chi connectivity index (χ2v) is 6.37. The van der Waals surface area contributed by atoms with Crippen LogP contribution in [0.3, 0.4) is 0 Å². The summed E-state index contributed by atoms with van der Waals surface area (Å²) >= 11 is 4.26. The van der Waals surface area contributed by atoms with E-state index in [0.717, 1.165) is 5.25 Å². The maximum Gasteiger partial charge on any atom is 0.0665 e. The van der Waals surface area contributed by atoms with Crippen LogP contribution in [0.2, 0.25) is 0 Å². The third-order valence-corrected chi connectivity index (χ3v) is 5.42. The van der Waals surface area contributed by atoms with Gasteiger partial charge in [0.05, 0.1) is 5.37 Å². The first-order valence-corrected chi connectivity index (χ1v) is 7.11. The van der Waals surface area contributed by atoms with E-state index in [4.69, 9.17) is 0 Å². The van der Waals surface area contributed by atoms with Crippen LogP contribution in [0.4, 0.5) is 0 Å². The van der Waals surface area contributed by atoms with Gasteiger partial charge in [-0.05, 0) is 25.8 Å². The topological polar surface area (TPSA) is 15.3 Å². The van der Waals surface area contributed by atoms with Crippen molar-refractivity contribution < 1.29 is 0 Å². The van der Waals surface area contributed by atoms with E-state index in [1.54, 1.807) is 0 Å². The molecule has 0 saturated carbocycles. The summed E-state index contributed by atoms with van der Waals surface area (Å²) in [6, 6.07) is 0. The number of hydrogen-bond donors (Lipinski definition) is 1. The van der Waals surface area contributed by atoms with Gasteiger partial charge in [0.2, 0.25) is 0 Å². The highest BCUT2D eigenvalue weighted by Gasteiger charge is 2.27. The molecule has 2 aliphatic heterocycles. The van der Waals surface area contributed by atoms with Crippen LogP contribution < -0.4 is 5.32 Å². The summed E-state index contributed by atoms with van der Waals surface area (Å²) in [5.41, 5.74) is 0. The second kappa shape index (κ2) is 4.91. The summed E-state index contributed by atoms with van der Waals surface area (Å²) in [4.78, 5) is 2.46. The van der Waals surface area contributed by atoms with Crippen LogP contribution in [-0.4, -0.2) is 53.7 Å². The van der Waals surface area contributed by atoms with Crippen molar-refractivity contribution >= 4 is 23.5 Å². The van der Waals surface area contributed by atoms with Crippen LogP contribution >= 0.6 is 23.5 Å². The van der Waals surface area contributed by atoms with E-state index in [1.165, 1.54) is 37.6 Å². The summed E-state index contributed by atoms with van der Waals surface area (Å²) in [5.74, 6) is 2.65. The van der Waals surface area contributed by atoms with Gasteiger partial charge in [0.1, 0.15) is 0 Å². The number of thioether (sulfide) groups is 2. The SMILES string of the molecule is CN1CCSC(C2NCCCS2)C1. The first-order chi connectivity index (χ1) is 6.36. The number of rotatable bonds is 1. The van der Waals surface area contributed by atoms with Crippen molar-refractivity contribution in [1.82, 2.24) is 10.2 Å². The molecule has 0 aromatic carbocycles. The van der Waals surface area contributed by atoms with Crippen LogP contribution in [-0.2, 0) is 0 Å². The fraction of sp³-hybridized carbons (Fsp3) is 1.00. The molecule has 4 heteroatoms. The minimum Gasteiger partial charge on any atom is -0.304 e. The third kappa shape index (κ3) is 2.78. The highest BCUT2D eigenvalue weighted by molar-refractivity contribution is 8.03. The van der Waals surface area contributed by atoms with Gasteiger partial charge in [-0.2, -0.15) is 11.8 Å². The lowest BCUT2D eigenvalue weighted by Crippen LogP contribution is -2.47. The normalized spacial score (nSPS) is 37.6. The molecule has 0 bridgehead atoms. The number of nitrogens with one attached hydrogen (secondary N) is 1. The largest absolute Gasteiger partial charge is 0.304 e. The molecular formula is C9H18N2S2. The molecule has 0 spiro atoms. The fourth-order valence-electron chi connectivity index (χ4n) is 1.82. The average molecular weight is 218 g/mol. The minimum atomic E-state index is 0.710. The zero-order chi connectivity index (χ0) is 9.10. The molecule has 2 unspecified atom stereocenters. The summed E-state index contributed by atoms with van der Waals surface area (Å²) < 4.78 is 0. The molecule has 0 aromatic rings. The van der Waals surface area contributed by atoms with Gasteiger partial charge in [-0.1, -0.05) is 0 Å². The van der Waals surface area contributed by atoms with Gasteiger partial charge in [0.15, 0.2) is 0 Å². The minimum absolute atomic E-state index is 0.710. The van der Waals surface area contributed by atoms with E-state index < -0.39 is 0 Å². The summed E-state index contributed by atoms with van der Waals surface area (Å²) in [7, 11) is 2.24. The summed E-state index contributed by atoms with van der Waals surface area (Å²) in [5, 5.41) is 5.14. The lowest BCUT2D eigenvalue weighted by atomic mass is 10.3. The van der Waals surface area contributed by atoms with E-state index in [9.17, 15) is 0 Å². The molecule has 2 heterocycles. The number of nitrogens with zero attached hydrogens (tertiary/aromatic N) is 1. The number of hydrogen-bond acceptors (Lipinski definition) is 4. The van der Waals surface area contributed by atoms with E-state index in [1.807, 2.05) is 0 Å². The van der Waals surface area contributed by atoms with Crippen LogP contribution in [0.25, 0.3) is 0 Å². The lowest BCUT2D eigenvalue weighted by molar-refractivity contribution is 0.336. The fourth-order valence-corrected chi connectivity index (χ4v) is 4.74. The van der Waals surface area contributed by atoms with Crippen LogP contribution in [0.5, 0.6) is 0 Å². The molecule has 2 nitrogen and oxygen atoms in total. The molecular weight excluding hydrogens is 200 g/mol. The van der Waals surface area contributed by atoms with Crippen molar-refractivity contribution in [3.05, 3.63) is 0 Å². The van der Waals surface area contributed by atoms with Crippen molar-refractivity contribution in [1.29, 1.82) is 0 Å². The molecule has 0 amide bonds. The molecule has 1 N–H and O–H groups in total. The monoisotopic (exact) mass is 218 g/mol. The Labute approximate surface area is 89.2 Å². The first kappa shape index (κ1) is 10.1. The molecule has 13 heavy (non-hydrogen) atoms. The quantitative estimate of drug-likeness (QED) is 0.708. The molecule has 2 aliphatic rings. The Bertz CT molecular complexity index is 160. The van der Waals surface area contributed by atoms with Crippen molar-refractivity contribution in [2.24, 2.45) is 0 Å². The van der Waals surface area contributed by atoms with Gasteiger partial charge in [-0.3, -0.25) is 0 Å². The predicted octanol–water partition coefficient (Wildman–Crippen LogP) is 1.09. The first-order valence-electron chi connectivity index (χ1n) is 5.01. The Morgan fingerprint density at radius 3 is 2.92 bits per heavy atom. The summed E-state index contributed by atoms with van der Waals surface area (Å²) in [6.45, 7) is 3.74. The Balaban J connectivity index is 1.83. The standard InChI is InChI=1S/C9H18N2S2/c1-11-4-6-12-8(7-11)9-10-3-2-5-13-9/h8-10H,2-7H2,1H3. The van der Waals surface area contributed by atoms with E-state index in [0.29, 0.717) is 5.37 Å². The highest BCUT2D eigenvalue weighted by Crippen LogP contribution is 2.28. The van der Waals surface area contributed by atoms with Gasteiger partial charge >= 0.3 is 0 Å². The van der Waals surface area contributed by atoms with Crippen LogP contribution in [0, 0.1) is 0 Å². The Kier molecular flexibility index (Phi) is 3.84. The molecule has 0 radical (unpaired) electrons. The van der Waals surface area contributed by atoms with Gasteiger partial charge in [0.25, 0.3) is 0 Å². The van der Waals surface area contributed by atoms with Crippen molar-refractivity contribution in [2.75, 3.05) is 38.2 Å².